The topological polar surface area (TPSA) is 51.9 Å². The number of para-hydroxylation sites is 1. The van der Waals surface area contributed by atoms with E-state index in [2.05, 4.69) is 55.7 Å². The fraction of sp³-hybridized carbons (Fsp3) is 0.286. The number of anilines is 1. The third kappa shape index (κ3) is 7.49. The molecule has 0 saturated heterocycles. The molecule has 4 nitrogen and oxygen atoms in total. The van der Waals surface area contributed by atoms with Crippen LogP contribution in [0.5, 0.6) is 0 Å². The maximum absolute atomic E-state index is 6.24. The fourth-order valence-corrected chi connectivity index (χ4v) is 4.59. The van der Waals surface area contributed by atoms with Crippen LogP contribution >= 0.6 is 23.2 Å². The second-order valence-corrected chi connectivity index (χ2v) is 9.43. The van der Waals surface area contributed by atoms with Crippen LogP contribution in [0, 0.1) is 6.92 Å². The van der Waals surface area contributed by atoms with Crippen molar-refractivity contribution in [2.24, 2.45) is 0 Å². The van der Waals surface area contributed by atoms with Gasteiger partial charge in [-0.3, -0.25) is 0 Å². The summed E-state index contributed by atoms with van der Waals surface area (Å²) in [5.41, 5.74) is 4.99. The predicted octanol–water partition coefficient (Wildman–Crippen LogP) is 5.56. The summed E-state index contributed by atoms with van der Waals surface area (Å²) >= 11 is 12.5. The molecule has 1 aromatic heterocycles. The molecule has 3 aromatic carbocycles. The van der Waals surface area contributed by atoms with Crippen LogP contribution in [0.25, 0.3) is 38.7 Å². The third-order valence-corrected chi connectivity index (χ3v) is 6.24. The van der Waals surface area contributed by atoms with Crippen LogP contribution in [0.3, 0.4) is 0 Å². The maximum atomic E-state index is 6.24. The molecule has 1 N–H and O–H groups in total. The Morgan fingerprint density at radius 1 is 0.914 bits per heavy atom. The van der Waals surface area contributed by atoms with E-state index in [-0.39, 0.29) is 57.4 Å². The molecule has 0 aliphatic heterocycles. The summed E-state index contributed by atoms with van der Waals surface area (Å²) in [6.45, 7) is 8.13. The molecular weight excluding hydrogens is 502 g/mol. The molecule has 7 heteroatoms. The molecular formula is C28H29Cl2KN4. The number of hydrogen-bond donors (Lipinski definition) is 1. The molecule has 0 spiro atoms. The second kappa shape index (κ2) is 13.5. The number of fused-ring (bicyclic) bond motifs is 1. The van der Waals surface area contributed by atoms with Crippen molar-refractivity contribution in [3.8, 4) is 22.5 Å². The van der Waals surface area contributed by atoms with E-state index in [1.165, 1.54) is 0 Å². The van der Waals surface area contributed by atoms with Gasteiger partial charge in [-0.15, -0.1) is 6.54 Å². The zero-order valence-electron chi connectivity index (χ0n) is 20.8. The summed E-state index contributed by atoms with van der Waals surface area (Å²) in [6.07, 6.45) is 2.09. The Hall–Kier alpha value is -1.02. The van der Waals surface area contributed by atoms with E-state index in [0.29, 0.717) is 15.9 Å². The molecule has 35 heavy (non-hydrogen) atoms. The molecule has 0 bridgehead atoms. The van der Waals surface area contributed by atoms with E-state index in [9.17, 15) is 0 Å². The van der Waals surface area contributed by atoms with Crippen LogP contribution < -0.4 is 56.7 Å². The second-order valence-electron chi connectivity index (χ2n) is 8.56. The van der Waals surface area contributed by atoms with Gasteiger partial charge in [0.2, 0.25) is 0 Å². The Labute approximate surface area is 260 Å². The number of nitrogens with zero attached hydrogens (tertiary/aromatic N) is 3. The van der Waals surface area contributed by atoms with E-state index in [0.717, 1.165) is 64.9 Å². The monoisotopic (exact) mass is 530 g/mol. The predicted molar refractivity (Wildman–Crippen MR) is 146 cm³/mol. The van der Waals surface area contributed by atoms with Gasteiger partial charge in [0.25, 0.3) is 0 Å². The molecule has 4 aromatic rings. The van der Waals surface area contributed by atoms with Gasteiger partial charge in [-0.1, -0.05) is 66.9 Å². The first-order valence-electron chi connectivity index (χ1n) is 11.7. The van der Waals surface area contributed by atoms with Crippen LogP contribution in [0.2, 0.25) is 10.0 Å². The van der Waals surface area contributed by atoms with Gasteiger partial charge in [-0.2, -0.15) is 6.54 Å². The number of nitrogens with one attached hydrogen (secondary N) is 1. The van der Waals surface area contributed by atoms with E-state index >= 15 is 0 Å². The van der Waals surface area contributed by atoms with Crippen LogP contribution in [0.4, 0.5) is 5.82 Å². The number of aromatic nitrogens is 2. The molecule has 1 heterocycles. The van der Waals surface area contributed by atoms with Crippen molar-refractivity contribution in [3.63, 3.8) is 0 Å². The van der Waals surface area contributed by atoms with Crippen LogP contribution in [-0.2, 0) is 0 Å². The van der Waals surface area contributed by atoms with Crippen molar-refractivity contribution >= 4 is 39.9 Å². The first kappa shape index (κ1) is 28.5. The van der Waals surface area contributed by atoms with Crippen LogP contribution in [0.15, 0.2) is 60.7 Å². The fourth-order valence-electron chi connectivity index (χ4n) is 4.07. The first-order valence-corrected chi connectivity index (χ1v) is 12.4. The number of aryl methyl sites for hydroxylation is 1. The summed E-state index contributed by atoms with van der Waals surface area (Å²) in [5.74, 6) is 1.55. The number of benzene rings is 3. The Morgan fingerprint density at radius 3 is 2.37 bits per heavy atom. The first-order chi connectivity index (χ1) is 16.4. The number of rotatable bonds is 9. The van der Waals surface area contributed by atoms with Crippen molar-refractivity contribution in [3.05, 3.63) is 81.6 Å². The van der Waals surface area contributed by atoms with Gasteiger partial charge >= 0.3 is 51.4 Å². The van der Waals surface area contributed by atoms with Crippen LogP contribution in [0.1, 0.15) is 32.3 Å². The summed E-state index contributed by atoms with van der Waals surface area (Å²) in [7, 11) is 0. The van der Waals surface area contributed by atoms with Gasteiger partial charge in [0, 0.05) is 27.0 Å². The molecule has 1 atom stereocenters. The van der Waals surface area contributed by atoms with Gasteiger partial charge in [-0.25, -0.2) is 9.97 Å². The van der Waals surface area contributed by atoms with Gasteiger partial charge in [-0.05, 0) is 67.3 Å². The molecule has 0 aliphatic carbocycles. The molecule has 0 aliphatic rings. The zero-order valence-corrected chi connectivity index (χ0v) is 25.4. The van der Waals surface area contributed by atoms with Gasteiger partial charge in [0.1, 0.15) is 5.82 Å². The number of hydrogen-bond acceptors (Lipinski definition) is 3. The average Bonchev–Trinajstić information content (AvgIpc) is 2.82. The summed E-state index contributed by atoms with van der Waals surface area (Å²) in [4.78, 5) is 9.92. The van der Waals surface area contributed by atoms with Crippen LogP contribution in [-0.4, -0.2) is 29.1 Å². The Kier molecular flexibility index (Phi) is 11.0. The molecule has 0 radical (unpaired) electrons. The smallest absolute Gasteiger partial charge is 0.662 e. The molecule has 176 valence electrons. The third-order valence-electron chi connectivity index (χ3n) is 5.81. The van der Waals surface area contributed by atoms with Crippen molar-refractivity contribution in [1.29, 1.82) is 0 Å². The summed E-state index contributed by atoms with van der Waals surface area (Å²) in [6, 6.07) is 20.2. The number of halogens is 2. The average molecular weight is 532 g/mol. The van der Waals surface area contributed by atoms with Crippen molar-refractivity contribution in [2.75, 3.05) is 18.4 Å². The minimum atomic E-state index is 0. The van der Waals surface area contributed by atoms with Gasteiger partial charge in [0.15, 0.2) is 5.82 Å². The van der Waals surface area contributed by atoms with Crippen molar-refractivity contribution < 1.29 is 51.4 Å². The van der Waals surface area contributed by atoms with Crippen molar-refractivity contribution in [1.82, 2.24) is 9.97 Å². The largest absolute Gasteiger partial charge is 1.00 e. The molecule has 4 rings (SSSR count). The maximum Gasteiger partial charge on any atom is 1.00 e. The molecule has 0 saturated carbocycles. The molecule has 0 fully saturated rings. The SMILES string of the molecule is CC[N-]CCCC(C)Nc1nc(-c2cccc(-c3cc(Cl)cc(Cl)c3)c2)nc2c(C)cccc12.[K+]. The zero-order chi connectivity index (χ0) is 24.1. The summed E-state index contributed by atoms with van der Waals surface area (Å²) in [5, 5.41) is 10.3. The quantitative estimate of drug-likeness (QED) is 0.227. The Balaban J connectivity index is 0.00000342. The normalized spacial score (nSPS) is 11.8. The molecule has 1 unspecified atom stereocenters. The van der Waals surface area contributed by atoms with Gasteiger partial charge in [0.05, 0.1) is 5.52 Å². The summed E-state index contributed by atoms with van der Waals surface area (Å²) < 4.78 is 0. The minimum absolute atomic E-state index is 0. The minimum Gasteiger partial charge on any atom is -0.662 e. The van der Waals surface area contributed by atoms with Crippen molar-refractivity contribution in [2.45, 2.75) is 39.7 Å². The standard InChI is InChI=1S/C28H29Cl2N4.K/c1-4-31-13-7-9-19(3)32-28-25-12-5-8-18(2)26(25)33-27(34-28)21-11-6-10-20(14-21)22-15-23(29)17-24(30)16-22;/h5-6,8,10-12,14-17,19H,4,7,9,13H2,1-3H3,(H,32,33,34);/q-1;+1. The Bertz CT molecular complexity index is 1280. The van der Waals surface area contributed by atoms with E-state index in [1.807, 2.05) is 30.3 Å². The van der Waals surface area contributed by atoms with E-state index in [4.69, 9.17) is 33.2 Å². The van der Waals surface area contributed by atoms with E-state index in [1.54, 1.807) is 6.07 Å². The Morgan fingerprint density at radius 2 is 1.63 bits per heavy atom. The van der Waals surface area contributed by atoms with E-state index < -0.39 is 0 Å². The van der Waals surface area contributed by atoms with Gasteiger partial charge < -0.3 is 10.6 Å². The molecule has 0 amide bonds.